The van der Waals surface area contributed by atoms with E-state index in [2.05, 4.69) is 25.8 Å². The van der Waals surface area contributed by atoms with E-state index in [1.807, 2.05) is 6.07 Å². The molecule has 1 fully saturated rings. The Hall–Kier alpha value is -1.60. The smallest absolute Gasteiger partial charge is 0.324 e. The number of carbonyl (C=O) groups excluding carboxylic acids is 1. The third kappa shape index (κ3) is 2.16. The zero-order chi connectivity index (χ0) is 14.3. The van der Waals surface area contributed by atoms with Gasteiger partial charge < -0.3 is 15.7 Å². The number of rotatable bonds is 1. The highest BCUT2D eigenvalue weighted by Crippen LogP contribution is 2.35. The molecule has 0 spiro atoms. The van der Waals surface area contributed by atoms with Crippen molar-refractivity contribution < 1.29 is 9.90 Å². The zero-order valence-corrected chi connectivity index (χ0v) is 12.4. The van der Waals surface area contributed by atoms with Gasteiger partial charge in [0.2, 0.25) is 0 Å². The Morgan fingerprint density at radius 1 is 1.55 bits per heavy atom. The van der Waals surface area contributed by atoms with Crippen LogP contribution >= 0.6 is 15.9 Å². The molecule has 3 heterocycles. The SMILES string of the molecule is NC(=O)n1ccc2c(N3CCC[C@@H](O)C3)c(Br)cnc21. The fourth-order valence-electron chi connectivity index (χ4n) is 2.71. The van der Waals surface area contributed by atoms with Crippen LogP contribution in [0.2, 0.25) is 0 Å². The van der Waals surface area contributed by atoms with Crippen LogP contribution < -0.4 is 10.6 Å². The highest BCUT2D eigenvalue weighted by atomic mass is 79.9. The second kappa shape index (κ2) is 5.06. The molecule has 106 valence electrons. The molecule has 20 heavy (non-hydrogen) atoms. The first-order chi connectivity index (χ1) is 9.58. The third-order valence-electron chi connectivity index (χ3n) is 3.59. The van der Waals surface area contributed by atoms with Gasteiger partial charge in [0.15, 0.2) is 0 Å². The van der Waals surface area contributed by atoms with Crippen molar-refractivity contribution in [2.45, 2.75) is 18.9 Å². The van der Waals surface area contributed by atoms with Crippen LogP contribution in [0.15, 0.2) is 22.9 Å². The lowest BCUT2D eigenvalue weighted by atomic mass is 10.1. The summed E-state index contributed by atoms with van der Waals surface area (Å²) >= 11 is 3.51. The summed E-state index contributed by atoms with van der Waals surface area (Å²) in [5.74, 6) is 0. The maximum absolute atomic E-state index is 11.4. The molecule has 1 saturated heterocycles. The molecule has 1 atom stereocenters. The molecule has 3 rings (SSSR count). The van der Waals surface area contributed by atoms with Crippen molar-refractivity contribution in [2.24, 2.45) is 5.73 Å². The number of primary amides is 1. The molecule has 3 N–H and O–H groups in total. The number of hydrogen-bond acceptors (Lipinski definition) is 4. The minimum absolute atomic E-state index is 0.322. The van der Waals surface area contributed by atoms with Gasteiger partial charge in [-0.15, -0.1) is 0 Å². The summed E-state index contributed by atoms with van der Waals surface area (Å²) in [6.07, 6.45) is 4.73. The van der Waals surface area contributed by atoms with E-state index in [9.17, 15) is 9.90 Å². The number of aromatic nitrogens is 2. The van der Waals surface area contributed by atoms with E-state index in [4.69, 9.17) is 5.73 Å². The first-order valence-corrected chi connectivity index (χ1v) is 7.25. The fraction of sp³-hybridized carbons (Fsp3) is 0.385. The van der Waals surface area contributed by atoms with Gasteiger partial charge >= 0.3 is 6.03 Å². The zero-order valence-electron chi connectivity index (χ0n) is 10.8. The van der Waals surface area contributed by atoms with E-state index in [1.165, 1.54) is 4.57 Å². The summed E-state index contributed by atoms with van der Waals surface area (Å²) in [5.41, 5.74) is 6.82. The third-order valence-corrected chi connectivity index (χ3v) is 4.17. The van der Waals surface area contributed by atoms with Crippen molar-refractivity contribution in [1.29, 1.82) is 0 Å². The Morgan fingerprint density at radius 2 is 2.35 bits per heavy atom. The quantitative estimate of drug-likeness (QED) is 0.828. The Kier molecular flexibility index (Phi) is 3.39. The minimum atomic E-state index is -0.556. The summed E-state index contributed by atoms with van der Waals surface area (Å²) in [4.78, 5) is 17.8. The normalized spacial score (nSPS) is 19.5. The van der Waals surface area contributed by atoms with Gasteiger partial charge in [0.1, 0.15) is 5.65 Å². The van der Waals surface area contributed by atoms with E-state index in [0.717, 1.165) is 34.9 Å². The van der Waals surface area contributed by atoms with Crippen molar-refractivity contribution in [3.05, 3.63) is 22.9 Å². The Labute approximate surface area is 124 Å². The second-order valence-electron chi connectivity index (χ2n) is 4.96. The van der Waals surface area contributed by atoms with Crippen LogP contribution in [0, 0.1) is 0 Å². The maximum Gasteiger partial charge on any atom is 0.324 e. The van der Waals surface area contributed by atoms with E-state index >= 15 is 0 Å². The molecule has 2 aromatic heterocycles. The first-order valence-electron chi connectivity index (χ1n) is 6.46. The number of aliphatic hydroxyl groups is 1. The number of β-amino-alcohol motifs (C(OH)–C–C–N with tert-alkyl or cyclic N) is 1. The molecular weight excluding hydrogens is 324 g/mol. The molecule has 7 heteroatoms. The Morgan fingerprint density at radius 3 is 3.05 bits per heavy atom. The number of nitrogens with two attached hydrogens (primary N) is 1. The molecular formula is C13H15BrN4O2. The highest BCUT2D eigenvalue weighted by molar-refractivity contribution is 9.10. The molecule has 0 bridgehead atoms. The number of fused-ring (bicyclic) bond motifs is 1. The molecule has 6 nitrogen and oxygen atoms in total. The molecule has 0 unspecified atom stereocenters. The van der Waals surface area contributed by atoms with E-state index in [1.54, 1.807) is 12.4 Å². The topological polar surface area (TPSA) is 84.4 Å². The van der Waals surface area contributed by atoms with Crippen molar-refractivity contribution in [3.63, 3.8) is 0 Å². The number of halogens is 1. The number of nitrogens with zero attached hydrogens (tertiary/aromatic N) is 3. The van der Waals surface area contributed by atoms with Crippen LogP contribution in [-0.2, 0) is 0 Å². The average molecular weight is 339 g/mol. The largest absolute Gasteiger partial charge is 0.391 e. The van der Waals surface area contributed by atoms with Crippen molar-refractivity contribution in [3.8, 4) is 0 Å². The van der Waals surface area contributed by atoms with Crippen LogP contribution in [0.5, 0.6) is 0 Å². The number of piperidine rings is 1. The minimum Gasteiger partial charge on any atom is -0.391 e. The second-order valence-corrected chi connectivity index (χ2v) is 5.81. The fourth-order valence-corrected chi connectivity index (χ4v) is 3.27. The summed E-state index contributed by atoms with van der Waals surface area (Å²) in [6.45, 7) is 1.45. The lowest BCUT2D eigenvalue weighted by Gasteiger charge is -2.33. The van der Waals surface area contributed by atoms with Crippen LogP contribution in [0.4, 0.5) is 10.5 Å². The number of anilines is 1. The molecule has 1 aliphatic heterocycles. The van der Waals surface area contributed by atoms with Gasteiger partial charge in [-0.1, -0.05) is 0 Å². The van der Waals surface area contributed by atoms with Crippen molar-refractivity contribution in [1.82, 2.24) is 9.55 Å². The molecule has 0 radical (unpaired) electrons. The van der Waals surface area contributed by atoms with E-state index < -0.39 is 6.03 Å². The summed E-state index contributed by atoms with van der Waals surface area (Å²) < 4.78 is 2.17. The maximum atomic E-state index is 11.4. The lowest BCUT2D eigenvalue weighted by molar-refractivity contribution is 0.154. The average Bonchev–Trinajstić information content (AvgIpc) is 2.82. The van der Waals surface area contributed by atoms with E-state index in [0.29, 0.717) is 12.2 Å². The number of pyridine rings is 1. The predicted octanol–water partition coefficient (Wildman–Crippen LogP) is 1.69. The Balaban J connectivity index is 2.14. The Bertz CT molecular complexity index is 670. The first kappa shape index (κ1) is 13.4. The van der Waals surface area contributed by atoms with Crippen molar-refractivity contribution >= 4 is 38.7 Å². The number of carbonyl (C=O) groups is 1. The van der Waals surface area contributed by atoms with Gasteiger partial charge in [-0.2, -0.15) is 0 Å². The van der Waals surface area contributed by atoms with Gasteiger partial charge in [0.05, 0.1) is 16.3 Å². The number of aliphatic hydroxyl groups excluding tert-OH is 1. The van der Waals surface area contributed by atoms with Gasteiger partial charge in [-0.3, -0.25) is 4.57 Å². The number of hydrogen-bond donors (Lipinski definition) is 2. The van der Waals surface area contributed by atoms with E-state index in [-0.39, 0.29) is 6.10 Å². The number of amides is 1. The molecule has 0 saturated carbocycles. The summed E-state index contributed by atoms with van der Waals surface area (Å²) in [6, 6.07) is 1.27. The molecule has 0 aliphatic carbocycles. The van der Waals surface area contributed by atoms with Crippen LogP contribution in [0.3, 0.4) is 0 Å². The summed E-state index contributed by atoms with van der Waals surface area (Å²) in [5, 5.41) is 10.7. The highest BCUT2D eigenvalue weighted by Gasteiger charge is 2.23. The van der Waals surface area contributed by atoms with Crippen LogP contribution in [-0.4, -0.2) is 39.9 Å². The lowest BCUT2D eigenvalue weighted by Crippen LogP contribution is -2.38. The predicted molar refractivity (Wildman–Crippen MR) is 79.9 cm³/mol. The van der Waals surface area contributed by atoms with Gasteiger partial charge in [0, 0.05) is 30.9 Å². The van der Waals surface area contributed by atoms with Crippen LogP contribution in [0.25, 0.3) is 11.0 Å². The van der Waals surface area contributed by atoms with Gasteiger partial charge in [-0.25, -0.2) is 9.78 Å². The molecule has 2 aromatic rings. The summed E-state index contributed by atoms with van der Waals surface area (Å²) in [7, 11) is 0. The van der Waals surface area contributed by atoms with Crippen LogP contribution in [0.1, 0.15) is 12.8 Å². The van der Waals surface area contributed by atoms with Gasteiger partial charge in [-0.05, 0) is 34.8 Å². The monoisotopic (exact) mass is 338 g/mol. The standard InChI is InChI=1S/C13H15BrN4O2/c14-10-6-16-12-9(3-5-18(12)13(15)20)11(10)17-4-1-2-8(19)7-17/h3,5-6,8,19H,1-2,4,7H2,(H2,15,20)/t8-/m1/s1. The van der Waals surface area contributed by atoms with Gasteiger partial charge in [0.25, 0.3) is 0 Å². The molecule has 1 aliphatic rings. The molecule has 1 amide bonds. The molecule has 0 aromatic carbocycles. The van der Waals surface area contributed by atoms with Crippen molar-refractivity contribution in [2.75, 3.05) is 18.0 Å².